The number of phenols is 1. The zero-order chi connectivity index (χ0) is 71.3. The van der Waals surface area contributed by atoms with Crippen LogP contribution in [0.25, 0.3) is 22.3 Å². The first-order valence-electron chi connectivity index (χ1n) is 27.4. The van der Waals surface area contributed by atoms with E-state index < -0.39 is 227 Å². The minimum absolute atomic E-state index is 0.394. The lowest BCUT2D eigenvalue weighted by Gasteiger charge is -2.25. The molecule has 0 saturated heterocycles. The second-order valence-corrected chi connectivity index (χ2v) is 19.4. The number of carbonyl (C=O) groups is 14. The fourth-order valence-corrected chi connectivity index (χ4v) is 8.49. The molecule has 0 bridgehead atoms. The van der Waals surface area contributed by atoms with Crippen molar-refractivity contribution in [2.24, 2.45) is 0 Å². The molecule has 6 aromatic rings. The Labute approximate surface area is 541 Å². The largest absolute Gasteiger partial charge is 0.507 e. The molecule has 32 nitrogen and oxygen atoms in total. The second-order valence-electron chi connectivity index (χ2n) is 19.4. The van der Waals surface area contributed by atoms with Crippen LogP contribution >= 0.6 is 0 Å². The second kappa shape index (κ2) is 30.9. The lowest BCUT2D eigenvalue weighted by molar-refractivity contribution is -0.134. The lowest BCUT2D eigenvalue weighted by atomic mass is 9.99. The van der Waals surface area contributed by atoms with Gasteiger partial charge in [0.1, 0.15) is 69.0 Å². The van der Waals surface area contributed by atoms with E-state index in [0.29, 0.717) is 6.07 Å². The summed E-state index contributed by atoms with van der Waals surface area (Å²) in [4.78, 5) is 181. The molecule has 0 atom stereocenters. The first-order chi connectivity index (χ1) is 44.9. The molecule has 6 rings (SSSR count). The Morgan fingerprint density at radius 1 is 0.198 bits per heavy atom. The summed E-state index contributed by atoms with van der Waals surface area (Å²) in [7, 11) is 0. The van der Waals surface area contributed by atoms with E-state index in [1.54, 1.807) is 0 Å². The Balaban J connectivity index is 1.94. The van der Waals surface area contributed by atoms with E-state index >= 15 is 0 Å². The molecule has 0 fully saturated rings. The normalized spacial score (nSPS) is 10.4. The van der Waals surface area contributed by atoms with Crippen LogP contribution in [-0.4, -0.2) is 88.7 Å². The van der Waals surface area contributed by atoms with Gasteiger partial charge in [-0.3, -0.25) is 67.1 Å². The molecule has 0 unspecified atom stereocenters. The molecule has 32 heteroatoms. The standard InChI is InChI=1S/C64H54O32/c1-26(65)80-40-15-41(81-27(2)66)17-42(16-40)94-60-52(95-61-54(90-36(11)75)24-46(79)56(63(61)92-38(13)77)57-47(85-31(6)70)18-43(82-28(3)67)19-48(57)86-32(7)71)22-45(84-30(5)69)23-53(60)96-62-55(91-37(12)76)25-51(89-35(10)74)59(64(62)93-39(14)78)58-49(87-33(8)72)20-44(83-29(4)68)21-50(58)88-34(9)73/h15-25,79H,1-14H3. The quantitative estimate of drug-likeness (QED) is 0.0489. The zero-order valence-electron chi connectivity index (χ0n) is 53.0. The third-order valence-electron chi connectivity index (χ3n) is 11.0. The first-order valence-corrected chi connectivity index (χ1v) is 27.4. The minimum atomic E-state index is -1.28. The number of hydrogen-bond donors (Lipinski definition) is 1. The monoisotopic (exact) mass is 1330 g/mol. The predicted molar refractivity (Wildman–Crippen MR) is 317 cm³/mol. The Morgan fingerprint density at radius 3 is 0.729 bits per heavy atom. The topological polar surface area (TPSA) is 416 Å². The molecule has 96 heavy (non-hydrogen) atoms. The Morgan fingerprint density at radius 2 is 0.427 bits per heavy atom. The van der Waals surface area contributed by atoms with E-state index in [1.165, 1.54) is 0 Å². The van der Waals surface area contributed by atoms with Crippen molar-refractivity contribution < 1.29 is 153 Å². The van der Waals surface area contributed by atoms with Crippen LogP contribution in [0.15, 0.2) is 66.7 Å². The van der Waals surface area contributed by atoms with Gasteiger partial charge in [-0.1, -0.05) is 0 Å². The molecule has 1 N–H and O–H groups in total. The Hall–Kier alpha value is -12.9. The lowest BCUT2D eigenvalue weighted by Crippen LogP contribution is -2.13. The van der Waals surface area contributed by atoms with Crippen LogP contribution in [0.4, 0.5) is 0 Å². The molecule has 0 saturated carbocycles. The van der Waals surface area contributed by atoms with Crippen molar-refractivity contribution in [3.63, 3.8) is 0 Å². The van der Waals surface area contributed by atoms with Crippen molar-refractivity contribution >= 4 is 83.6 Å². The summed E-state index contributed by atoms with van der Waals surface area (Å²) in [5.74, 6) is -31.3. The number of phenolic OH excluding ortho intramolecular Hbond substituents is 1. The van der Waals surface area contributed by atoms with Crippen LogP contribution in [0.5, 0.6) is 121 Å². The molecule has 0 aromatic heterocycles. The van der Waals surface area contributed by atoms with Crippen molar-refractivity contribution in [1.82, 2.24) is 0 Å². The summed E-state index contributed by atoms with van der Waals surface area (Å²) >= 11 is 0. The van der Waals surface area contributed by atoms with Gasteiger partial charge in [0.25, 0.3) is 0 Å². The Bertz CT molecular complexity index is 4170. The van der Waals surface area contributed by atoms with Gasteiger partial charge < -0.3 is 85.6 Å². The molecule has 0 heterocycles. The van der Waals surface area contributed by atoms with Crippen molar-refractivity contribution in [2.45, 2.75) is 96.9 Å². The van der Waals surface area contributed by atoms with Gasteiger partial charge in [-0.15, -0.1) is 0 Å². The van der Waals surface area contributed by atoms with Gasteiger partial charge >= 0.3 is 83.6 Å². The summed E-state index contributed by atoms with van der Waals surface area (Å²) in [6.07, 6.45) is 0. The summed E-state index contributed by atoms with van der Waals surface area (Å²) < 4.78 is 96.8. The summed E-state index contributed by atoms with van der Waals surface area (Å²) in [6.45, 7) is 12.8. The van der Waals surface area contributed by atoms with Crippen LogP contribution in [0.3, 0.4) is 0 Å². The molecule has 0 amide bonds. The van der Waals surface area contributed by atoms with Crippen LogP contribution < -0.4 is 80.5 Å². The predicted octanol–water partition coefficient (Wildman–Crippen LogP) is 9.06. The molecule has 6 aromatic carbocycles. The molecule has 0 radical (unpaired) electrons. The maximum Gasteiger partial charge on any atom is 0.308 e. The SMILES string of the molecule is CC(=O)Oc1cc(OC(C)=O)cc(Oc2c(Oc3c(OC(C)=O)cc(O)c(-c4c(OC(C)=O)cc(OC(C)=O)cc4OC(C)=O)c3OC(C)=O)cc(OC(C)=O)cc2Oc2c(OC(C)=O)cc(OC(C)=O)c(-c3c(OC(C)=O)cc(OC(C)=O)cc3OC(C)=O)c2OC(C)=O)c1. The average Bonchev–Trinajstić information content (AvgIpc) is 0.752. The number of hydrogen-bond acceptors (Lipinski definition) is 32. The maximum atomic E-state index is 13.6. The maximum absolute atomic E-state index is 13.6. The van der Waals surface area contributed by atoms with Gasteiger partial charge in [0.15, 0.2) is 34.5 Å². The highest BCUT2D eigenvalue weighted by atomic mass is 16.6. The van der Waals surface area contributed by atoms with E-state index in [4.69, 9.17) is 80.5 Å². The minimum Gasteiger partial charge on any atom is -0.507 e. The van der Waals surface area contributed by atoms with Crippen LogP contribution in [0.2, 0.25) is 0 Å². The third kappa shape index (κ3) is 19.6. The molecule has 0 spiro atoms. The number of esters is 14. The van der Waals surface area contributed by atoms with Gasteiger partial charge in [0, 0.05) is 164 Å². The van der Waals surface area contributed by atoms with E-state index in [1.807, 2.05) is 0 Å². The third-order valence-corrected chi connectivity index (χ3v) is 11.0. The summed E-state index contributed by atoms with van der Waals surface area (Å²) in [5.41, 5.74) is -2.87. The highest BCUT2D eigenvalue weighted by Crippen LogP contribution is 2.61. The fraction of sp³-hybridized carbons (Fsp3) is 0.219. The smallest absolute Gasteiger partial charge is 0.308 e. The summed E-state index contributed by atoms with van der Waals surface area (Å²) in [6, 6.07) is 9.88. The van der Waals surface area contributed by atoms with Crippen molar-refractivity contribution in [2.75, 3.05) is 0 Å². The van der Waals surface area contributed by atoms with E-state index in [2.05, 4.69) is 0 Å². The van der Waals surface area contributed by atoms with E-state index in [-0.39, 0.29) is 0 Å². The number of rotatable bonds is 22. The van der Waals surface area contributed by atoms with Gasteiger partial charge in [0.05, 0.1) is 22.3 Å². The van der Waals surface area contributed by atoms with Gasteiger partial charge in [-0.2, -0.15) is 0 Å². The molecular formula is C64H54O32. The number of ether oxygens (including phenoxy) is 17. The van der Waals surface area contributed by atoms with Crippen LogP contribution in [0, 0.1) is 0 Å². The van der Waals surface area contributed by atoms with Crippen LogP contribution in [-0.2, 0) is 67.1 Å². The van der Waals surface area contributed by atoms with Gasteiger partial charge in [0.2, 0.25) is 17.2 Å². The molecule has 0 aliphatic rings. The average molecular weight is 1340 g/mol. The number of aromatic hydroxyl groups is 1. The van der Waals surface area contributed by atoms with Crippen LogP contribution in [0.1, 0.15) is 96.9 Å². The molecule has 0 aliphatic heterocycles. The van der Waals surface area contributed by atoms with Crippen molar-refractivity contribution in [3.05, 3.63) is 66.7 Å². The molecular weight excluding hydrogens is 1280 g/mol. The van der Waals surface area contributed by atoms with Gasteiger partial charge in [-0.25, -0.2) is 0 Å². The highest BCUT2D eigenvalue weighted by molar-refractivity contribution is 5.97. The summed E-state index contributed by atoms with van der Waals surface area (Å²) in [5, 5.41) is 12.1. The first kappa shape index (κ1) is 72.2. The Kier molecular flexibility index (Phi) is 23.3. The zero-order valence-corrected chi connectivity index (χ0v) is 53.0. The fourth-order valence-electron chi connectivity index (χ4n) is 8.49. The molecule has 502 valence electrons. The van der Waals surface area contributed by atoms with Gasteiger partial charge in [-0.05, 0) is 0 Å². The highest BCUT2D eigenvalue weighted by Gasteiger charge is 2.37. The van der Waals surface area contributed by atoms with E-state index in [9.17, 15) is 72.2 Å². The van der Waals surface area contributed by atoms with E-state index in [0.717, 1.165) is 158 Å². The molecule has 0 aliphatic carbocycles. The number of benzene rings is 6. The number of carbonyl (C=O) groups excluding carboxylic acids is 14. The van der Waals surface area contributed by atoms with Crippen molar-refractivity contribution in [3.8, 4) is 143 Å². The van der Waals surface area contributed by atoms with Crippen molar-refractivity contribution in [1.29, 1.82) is 0 Å².